The van der Waals surface area contributed by atoms with Gasteiger partial charge in [-0.25, -0.2) is 13.9 Å². The van der Waals surface area contributed by atoms with Gasteiger partial charge in [0.25, 0.3) is 0 Å². The smallest absolute Gasteiger partial charge is 0.459 e. The largest absolute Gasteiger partial charge is 0.462 e. The number of aromatic nitrogens is 2. The predicted molar refractivity (Wildman–Crippen MR) is 135 cm³/mol. The highest BCUT2D eigenvalue weighted by molar-refractivity contribution is 7.71. The summed E-state index contributed by atoms with van der Waals surface area (Å²) in [5, 5.41) is 16.6. The number of hydrogen-bond donors (Lipinski definition) is 3. The number of hydrogen-bond acceptors (Lipinski definition) is 11. The molecule has 4 N–H and O–H groups in total. The van der Waals surface area contributed by atoms with Crippen LogP contribution in [0.15, 0.2) is 47.7 Å². The third-order valence-corrected chi connectivity index (χ3v) is 7.09. The number of nitrogens with one attached hydrogen (secondary N) is 1. The third kappa shape index (κ3) is 6.85. The number of azide groups is 1. The molecule has 2 unspecified atom stereocenters. The highest BCUT2D eigenvalue weighted by Gasteiger charge is 2.57. The third-order valence-electron chi connectivity index (χ3n) is 5.17. The number of anilines is 1. The molecule has 0 radical (unpaired) electrons. The van der Waals surface area contributed by atoms with Crippen LogP contribution < -0.4 is 15.3 Å². The average molecular weight is 572 g/mol. The van der Waals surface area contributed by atoms with Crippen LogP contribution in [-0.2, 0) is 23.4 Å². The Bertz CT molecular complexity index is 1300. The monoisotopic (exact) mass is 571 g/mol. The lowest BCUT2D eigenvalue weighted by Crippen LogP contribution is -2.45. The molecule has 2 heterocycles. The molecule has 0 spiro atoms. The molecule has 3 rings (SSSR count). The summed E-state index contributed by atoms with van der Waals surface area (Å²) < 4.78 is 51.6. The summed E-state index contributed by atoms with van der Waals surface area (Å²) in [5.41, 5.74) is 12.3. The van der Waals surface area contributed by atoms with Crippen molar-refractivity contribution in [2.75, 3.05) is 12.3 Å². The van der Waals surface area contributed by atoms with Gasteiger partial charge in [-0.2, -0.15) is 5.09 Å². The molecule has 1 aliphatic heterocycles. The molecule has 17 heteroatoms. The lowest BCUT2D eigenvalue weighted by atomic mass is 10.1. The first-order valence-electron chi connectivity index (χ1n) is 11.3. The number of nitrogens with zero attached hydrogens (tertiary/aromatic N) is 5. The fourth-order valence-corrected chi connectivity index (χ4v) is 5.18. The molecule has 2 aromatic rings. The number of carbonyl (C=O) groups excluding carboxylic acids is 1. The van der Waals surface area contributed by atoms with Gasteiger partial charge in [-0.3, -0.25) is 13.9 Å². The number of aliphatic hydroxyl groups excluding tert-OH is 1. The molecule has 1 saturated heterocycles. The van der Waals surface area contributed by atoms with Crippen molar-refractivity contribution in [2.45, 2.75) is 57.1 Å². The van der Waals surface area contributed by atoms with Gasteiger partial charge in [-0.15, -0.1) is 0 Å². The van der Waals surface area contributed by atoms with Gasteiger partial charge in [-0.05, 0) is 56.7 Å². The number of ether oxygens (including phenoxy) is 2. The fraction of sp³-hybridized carbons (Fsp3) is 0.476. The number of aliphatic hydroxyl groups is 1. The highest BCUT2D eigenvalue weighted by atomic mass is 32.1. The molecule has 1 aromatic carbocycles. The second-order valence-corrected chi connectivity index (χ2v) is 10.5. The van der Waals surface area contributed by atoms with Crippen LogP contribution in [0.3, 0.4) is 0 Å². The zero-order valence-electron chi connectivity index (χ0n) is 20.6. The van der Waals surface area contributed by atoms with E-state index in [-0.39, 0.29) is 16.3 Å². The molecule has 0 bridgehead atoms. The lowest BCUT2D eigenvalue weighted by molar-refractivity contribution is -0.149. The number of esters is 1. The van der Waals surface area contributed by atoms with E-state index in [1.165, 1.54) is 31.3 Å². The Labute approximate surface area is 222 Å². The first-order valence-corrected chi connectivity index (χ1v) is 13.2. The zero-order chi connectivity index (χ0) is 28.1. The molecule has 1 fully saturated rings. The number of nitrogen functional groups attached to an aromatic ring is 1. The van der Waals surface area contributed by atoms with Crippen molar-refractivity contribution >= 4 is 31.8 Å². The Kier molecular flexibility index (Phi) is 9.44. The minimum absolute atomic E-state index is 0.0695. The molecule has 14 nitrogen and oxygen atoms in total. The first-order chi connectivity index (χ1) is 17.9. The van der Waals surface area contributed by atoms with Crippen LogP contribution in [0.1, 0.15) is 27.0 Å². The van der Waals surface area contributed by atoms with Crippen LogP contribution in [0.25, 0.3) is 10.4 Å². The zero-order valence-corrected chi connectivity index (χ0v) is 22.3. The number of carbonyl (C=O) groups is 1. The summed E-state index contributed by atoms with van der Waals surface area (Å²) in [6.45, 7) is 3.68. The van der Waals surface area contributed by atoms with E-state index >= 15 is 4.39 Å². The summed E-state index contributed by atoms with van der Waals surface area (Å²) in [4.78, 5) is 18.8. The SMILES string of the molecule is CC(C)OC(=O)[C@H](C)NP(=O)(OC[C@@]1(N=[N+]=[N-])O[C@@H](n2ccc(N)nc2=S)[C@@H](F)C1O)Oc1ccccc1. The fourth-order valence-electron chi connectivity index (χ4n) is 3.40. The van der Waals surface area contributed by atoms with Gasteiger partial charge in [0, 0.05) is 11.1 Å². The molecule has 206 valence electrons. The maximum absolute atomic E-state index is 15.3. The predicted octanol–water partition coefficient (Wildman–Crippen LogP) is 3.56. The van der Waals surface area contributed by atoms with Crippen LogP contribution in [0.4, 0.5) is 10.2 Å². The molecule has 0 amide bonds. The molecule has 1 aliphatic rings. The topological polar surface area (TPSA) is 196 Å². The minimum atomic E-state index is -4.47. The van der Waals surface area contributed by atoms with Crippen LogP contribution in [0, 0.1) is 4.77 Å². The maximum Gasteiger partial charge on any atom is 0.459 e. The Morgan fingerprint density at radius 1 is 1.42 bits per heavy atom. The van der Waals surface area contributed by atoms with E-state index in [0.717, 1.165) is 4.57 Å². The average Bonchev–Trinajstić information content (AvgIpc) is 3.09. The van der Waals surface area contributed by atoms with Gasteiger partial charge < -0.3 is 24.8 Å². The summed E-state index contributed by atoms with van der Waals surface area (Å²) in [6, 6.07) is 7.98. The summed E-state index contributed by atoms with van der Waals surface area (Å²) >= 11 is 5.10. The van der Waals surface area contributed by atoms with E-state index in [4.69, 9.17) is 42.0 Å². The van der Waals surface area contributed by atoms with E-state index < -0.39 is 56.7 Å². The summed E-state index contributed by atoms with van der Waals surface area (Å²) in [6.07, 6.45) is -5.03. The van der Waals surface area contributed by atoms with Gasteiger partial charge in [0.15, 0.2) is 12.4 Å². The normalized spacial score (nSPS) is 25.3. The number of rotatable bonds is 11. The maximum atomic E-state index is 15.3. The van der Waals surface area contributed by atoms with Gasteiger partial charge >= 0.3 is 13.7 Å². The molecular formula is C21H27FN7O7PS. The van der Waals surface area contributed by atoms with Crippen molar-refractivity contribution in [3.8, 4) is 5.75 Å². The Balaban J connectivity index is 1.90. The molecule has 0 saturated carbocycles. The first kappa shape index (κ1) is 29.5. The van der Waals surface area contributed by atoms with Crippen molar-refractivity contribution in [3.63, 3.8) is 0 Å². The van der Waals surface area contributed by atoms with E-state index in [1.807, 2.05) is 0 Å². The van der Waals surface area contributed by atoms with E-state index in [9.17, 15) is 14.5 Å². The number of alkyl halides is 1. The van der Waals surface area contributed by atoms with Crippen LogP contribution in [-0.4, -0.2) is 57.4 Å². The summed E-state index contributed by atoms with van der Waals surface area (Å²) in [5.74, 6) is -0.587. The number of nitrogens with two attached hydrogens (primary N) is 1. The molecule has 0 aliphatic carbocycles. The lowest BCUT2D eigenvalue weighted by Gasteiger charge is -2.29. The van der Waals surface area contributed by atoms with Crippen molar-refractivity contribution in [2.24, 2.45) is 5.11 Å². The minimum Gasteiger partial charge on any atom is -0.462 e. The highest BCUT2D eigenvalue weighted by Crippen LogP contribution is 2.48. The quantitative estimate of drug-likeness (QED) is 0.0890. The van der Waals surface area contributed by atoms with Crippen molar-refractivity contribution < 1.29 is 37.4 Å². The second kappa shape index (κ2) is 12.2. The Morgan fingerprint density at radius 3 is 2.71 bits per heavy atom. The van der Waals surface area contributed by atoms with Crippen LogP contribution in [0.2, 0.25) is 0 Å². The van der Waals surface area contributed by atoms with E-state index in [2.05, 4.69) is 20.1 Å². The second-order valence-electron chi connectivity index (χ2n) is 8.49. The van der Waals surface area contributed by atoms with Crippen LogP contribution >= 0.6 is 20.0 Å². The molecule has 6 atom stereocenters. The molecule has 38 heavy (non-hydrogen) atoms. The van der Waals surface area contributed by atoms with Gasteiger partial charge in [-0.1, -0.05) is 23.3 Å². The summed E-state index contributed by atoms with van der Waals surface area (Å²) in [7, 11) is -4.47. The van der Waals surface area contributed by atoms with E-state index in [0.29, 0.717) is 0 Å². The van der Waals surface area contributed by atoms with Crippen LogP contribution in [0.5, 0.6) is 5.75 Å². The molecular weight excluding hydrogens is 544 g/mol. The van der Waals surface area contributed by atoms with E-state index in [1.54, 1.807) is 32.0 Å². The van der Waals surface area contributed by atoms with Crippen molar-refractivity contribution in [1.29, 1.82) is 0 Å². The Hall–Kier alpha value is -3.10. The van der Waals surface area contributed by atoms with Gasteiger partial charge in [0.2, 0.25) is 10.5 Å². The van der Waals surface area contributed by atoms with Gasteiger partial charge in [0.1, 0.15) is 23.7 Å². The molecule has 1 aromatic heterocycles. The van der Waals surface area contributed by atoms with Gasteiger partial charge in [0.05, 0.1) is 12.7 Å². The standard InChI is InChI=1S/C21H27FN7O7PS/c1-12(2)34-19(31)13(3)26-37(32,36-14-7-5-4-6-8-14)33-11-21(27-28-24)17(30)16(22)18(35-21)29-10-9-15(23)25-20(29)38/h4-10,12-13,16-18,30H,11H2,1-3H3,(H,26,32)(H2,23,25,38)/t13-,16-,17?,18+,21+,37?/m0/s1. The Morgan fingerprint density at radius 2 is 2.11 bits per heavy atom. The van der Waals surface area contributed by atoms with Crippen molar-refractivity contribution in [1.82, 2.24) is 14.6 Å². The number of para-hydroxylation sites is 1. The number of halogens is 1. The number of benzene rings is 1. The van der Waals surface area contributed by atoms with Crippen molar-refractivity contribution in [3.05, 3.63) is 57.8 Å².